The van der Waals surface area contributed by atoms with Crippen LogP contribution in [0, 0.1) is 0 Å². The molecule has 0 aliphatic carbocycles. The number of thioether (sulfide) groups is 1. The van der Waals surface area contributed by atoms with Crippen LogP contribution in [0.1, 0.15) is 16.8 Å². The van der Waals surface area contributed by atoms with Crippen molar-refractivity contribution in [2.24, 2.45) is 0 Å². The normalized spacial score (nSPS) is 11.5. The largest absolute Gasteiger partial charge is 0.357 e. The Kier molecular flexibility index (Phi) is 7.84. The number of carbonyl (C=O) groups is 3. The molecule has 0 saturated heterocycles. The van der Waals surface area contributed by atoms with Gasteiger partial charge in [0.05, 0.1) is 6.54 Å². The predicted molar refractivity (Wildman–Crippen MR) is 85.6 cm³/mol. The van der Waals surface area contributed by atoms with E-state index < -0.39 is 6.04 Å². The van der Waals surface area contributed by atoms with Crippen LogP contribution in [0.3, 0.4) is 0 Å². The van der Waals surface area contributed by atoms with Gasteiger partial charge in [0.1, 0.15) is 6.04 Å². The highest BCUT2D eigenvalue weighted by Crippen LogP contribution is 2.05. The summed E-state index contributed by atoms with van der Waals surface area (Å²) in [5.41, 5.74) is 0.526. The highest BCUT2D eigenvalue weighted by atomic mass is 32.2. The van der Waals surface area contributed by atoms with Crippen LogP contribution in [0.25, 0.3) is 0 Å². The Hall–Kier alpha value is -1.54. The lowest BCUT2D eigenvalue weighted by molar-refractivity contribution is -0.128. The molecule has 0 aromatic carbocycles. The summed E-state index contributed by atoms with van der Waals surface area (Å²) >= 11 is 3.01. The monoisotopic (exact) mass is 329 g/mol. The van der Waals surface area contributed by atoms with E-state index in [1.165, 1.54) is 18.4 Å². The van der Waals surface area contributed by atoms with E-state index in [0.29, 0.717) is 12.0 Å². The van der Waals surface area contributed by atoms with Gasteiger partial charge >= 0.3 is 0 Å². The summed E-state index contributed by atoms with van der Waals surface area (Å²) in [6.45, 7) is -0.151. The fraction of sp³-hybridized carbons (Fsp3) is 0.462. The summed E-state index contributed by atoms with van der Waals surface area (Å²) in [7, 11) is 1.53. The first-order chi connectivity index (χ1) is 10.1. The van der Waals surface area contributed by atoms with Gasteiger partial charge in [0.15, 0.2) is 0 Å². The van der Waals surface area contributed by atoms with E-state index in [0.717, 1.165) is 5.75 Å². The van der Waals surface area contributed by atoms with Crippen molar-refractivity contribution in [2.75, 3.05) is 25.6 Å². The quantitative estimate of drug-likeness (QED) is 0.647. The number of hydrogen-bond donors (Lipinski definition) is 3. The second kappa shape index (κ2) is 9.41. The van der Waals surface area contributed by atoms with Gasteiger partial charge in [-0.25, -0.2) is 0 Å². The van der Waals surface area contributed by atoms with E-state index in [9.17, 15) is 14.4 Å². The molecule has 0 aliphatic rings. The topological polar surface area (TPSA) is 87.3 Å². The molecule has 21 heavy (non-hydrogen) atoms. The average molecular weight is 329 g/mol. The van der Waals surface area contributed by atoms with E-state index in [4.69, 9.17) is 0 Å². The molecular weight excluding hydrogens is 310 g/mol. The van der Waals surface area contributed by atoms with Crippen LogP contribution in [0.15, 0.2) is 16.8 Å². The first-order valence-corrected chi connectivity index (χ1v) is 8.72. The zero-order valence-electron chi connectivity index (χ0n) is 12.0. The van der Waals surface area contributed by atoms with Gasteiger partial charge in [-0.15, -0.1) is 0 Å². The zero-order valence-corrected chi connectivity index (χ0v) is 13.6. The molecule has 3 N–H and O–H groups in total. The molecule has 0 unspecified atom stereocenters. The van der Waals surface area contributed by atoms with Gasteiger partial charge in [0.2, 0.25) is 11.8 Å². The molecule has 0 spiro atoms. The molecule has 0 aliphatic heterocycles. The van der Waals surface area contributed by atoms with E-state index in [2.05, 4.69) is 16.0 Å². The molecule has 1 aromatic rings. The second-order valence-electron chi connectivity index (χ2n) is 4.21. The number of likely N-dealkylation sites (N-methyl/N-ethyl adjacent to an activating group) is 1. The first-order valence-electron chi connectivity index (χ1n) is 6.38. The van der Waals surface area contributed by atoms with Gasteiger partial charge in [0, 0.05) is 18.0 Å². The van der Waals surface area contributed by atoms with E-state index in [1.807, 2.05) is 6.26 Å². The number of nitrogens with one attached hydrogen (secondary N) is 3. The van der Waals surface area contributed by atoms with Crippen molar-refractivity contribution in [2.45, 2.75) is 12.5 Å². The van der Waals surface area contributed by atoms with Crippen LogP contribution in [0.2, 0.25) is 0 Å². The summed E-state index contributed by atoms with van der Waals surface area (Å²) in [6.07, 6.45) is 2.48. The number of hydrogen-bond acceptors (Lipinski definition) is 5. The average Bonchev–Trinajstić information content (AvgIpc) is 3.02. The molecule has 1 heterocycles. The maximum atomic E-state index is 11.8. The molecule has 0 bridgehead atoms. The Labute approximate surface area is 132 Å². The van der Waals surface area contributed by atoms with Crippen molar-refractivity contribution in [3.63, 3.8) is 0 Å². The second-order valence-corrected chi connectivity index (χ2v) is 5.98. The Balaban J connectivity index is 2.42. The molecule has 8 heteroatoms. The summed E-state index contributed by atoms with van der Waals surface area (Å²) in [5.74, 6) is -0.151. The molecule has 1 atom stereocenters. The highest BCUT2D eigenvalue weighted by molar-refractivity contribution is 7.98. The lowest BCUT2D eigenvalue weighted by Crippen LogP contribution is -2.49. The van der Waals surface area contributed by atoms with Crippen molar-refractivity contribution in [3.05, 3.63) is 22.4 Å². The van der Waals surface area contributed by atoms with Crippen LogP contribution in [-0.2, 0) is 9.59 Å². The standard InChI is InChI=1S/C13H19N3O3S2/c1-14-13(19)10(4-5-20-2)16-11(17)7-15-12(18)9-3-6-21-8-9/h3,6,8,10H,4-5,7H2,1-2H3,(H,14,19)(H,15,18)(H,16,17)/t10-/m0/s1. The summed E-state index contributed by atoms with van der Waals surface area (Å²) in [6, 6.07) is 1.11. The van der Waals surface area contributed by atoms with Gasteiger partial charge in [-0.05, 0) is 29.9 Å². The molecule has 1 aromatic heterocycles. The SMILES string of the molecule is CNC(=O)[C@H](CCSC)NC(=O)CNC(=O)c1ccsc1. The Morgan fingerprint density at radius 1 is 1.38 bits per heavy atom. The molecule has 116 valence electrons. The minimum absolute atomic E-state index is 0.151. The molecule has 6 nitrogen and oxygen atoms in total. The smallest absolute Gasteiger partial charge is 0.252 e. The maximum Gasteiger partial charge on any atom is 0.252 e. The number of rotatable bonds is 8. The molecule has 0 saturated carbocycles. The van der Waals surface area contributed by atoms with Crippen molar-refractivity contribution in [1.29, 1.82) is 0 Å². The van der Waals surface area contributed by atoms with Gasteiger partial charge < -0.3 is 16.0 Å². The first kappa shape index (κ1) is 17.5. The third kappa shape index (κ3) is 6.17. The molecular formula is C13H19N3O3S2. The summed E-state index contributed by atoms with van der Waals surface area (Å²) in [4.78, 5) is 35.1. The van der Waals surface area contributed by atoms with Crippen molar-refractivity contribution in [3.8, 4) is 0 Å². The lowest BCUT2D eigenvalue weighted by atomic mass is 10.2. The molecule has 0 fully saturated rings. The van der Waals surface area contributed by atoms with Crippen LogP contribution in [0.4, 0.5) is 0 Å². The Morgan fingerprint density at radius 3 is 2.71 bits per heavy atom. The summed E-state index contributed by atoms with van der Waals surface area (Å²) in [5, 5.41) is 11.2. The molecule has 1 rings (SSSR count). The molecule has 0 radical (unpaired) electrons. The van der Waals surface area contributed by atoms with Crippen molar-refractivity contribution >= 4 is 40.8 Å². The number of amides is 3. The maximum absolute atomic E-state index is 11.8. The fourth-order valence-electron chi connectivity index (χ4n) is 1.58. The van der Waals surface area contributed by atoms with E-state index in [-0.39, 0.29) is 24.3 Å². The highest BCUT2D eigenvalue weighted by Gasteiger charge is 2.19. The van der Waals surface area contributed by atoms with Crippen LogP contribution >= 0.6 is 23.1 Å². The minimum Gasteiger partial charge on any atom is -0.357 e. The van der Waals surface area contributed by atoms with Crippen LogP contribution in [-0.4, -0.2) is 49.4 Å². The Bertz CT molecular complexity index is 477. The van der Waals surface area contributed by atoms with Crippen molar-refractivity contribution in [1.82, 2.24) is 16.0 Å². The minimum atomic E-state index is -0.576. The van der Waals surface area contributed by atoms with Gasteiger partial charge in [-0.1, -0.05) is 0 Å². The predicted octanol–water partition coefficient (Wildman–Crippen LogP) is 0.462. The fourth-order valence-corrected chi connectivity index (χ4v) is 2.69. The summed E-state index contributed by atoms with van der Waals surface area (Å²) < 4.78 is 0. The van der Waals surface area contributed by atoms with Crippen LogP contribution in [0.5, 0.6) is 0 Å². The zero-order chi connectivity index (χ0) is 15.7. The van der Waals surface area contributed by atoms with Gasteiger partial charge in [-0.2, -0.15) is 23.1 Å². The van der Waals surface area contributed by atoms with Gasteiger partial charge in [-0.3, -0.25) is 14.4 Å². The number of carbonyl (C=O) groups excluding carboxylic acids is 3. The van der Waals surface area contributed by atoms with Crippen LogP contribution < -0.4 is 16.0 Å². The molecule has 3 amide bonds. The van der Waals surface area contributed by atoms with Gasteiger partial charge in [0.25, 0.3) is 5.91 Å². The third-order valence-corrected chi connectivity index (χ3v) is 4.03. The van der Waals surface area contributed by atoms with E-state index >= 15 is 0 Å². The Morgan fingerprint density at radius 2 is 2.14 bits per heavy atom. The lowest BCUT2D eigenvalue weighted by Gasteiger charge is -2.17. The van der Waals surface area contributed by atoms with Crippen molar-refractivity contribution < 1.29 is 14.4 Å². The number of thiophene rings is 1. The third-order valence-electron chi connectivity index (χ3n) is 2.70. The van der Waals surface area contributed by atoms with E-state index in [1.54, 1.807) is 28.6 Å².